The number of amides is 1. The Morgan fingerprint density at radius 3 is 2.56 bits per heavy atom. The summed E-state index contributed by atoms with van der Waals surface area (Å²) in [5.41, 5.74) is 0. The lowest BCUT2D eigenvalue weighted by atomic mass is 9.86. The van der Waals surface area contributed by atoms with Crippen LogP contribution >= 0.6 is 0 Å². The number of fused-ring (bicyclic) bond motifs is 1. The van der Waals surface area contributed by atoms with E-state index in [1.165, 1.54) is 12.8 Å². The third kappa shape index (κ3) is 4.57. The maximum absolute atomic E-state index is 12.6. The van der Waals surface area contributed by atoms with Crippen LogP contribution in [0.4, 0.5) is 0 Å². The van der Waals surface area contributed by atoms with Gasteiger partial charge in [0.1, 0.15) is 0 Å². The normalized spacial score (nSPS) is 26.5. The van der Waals surface area contributed by atoms with Crippen molar-refractivity contribution < 1.29 is 4.79 Å². The lowest BCUT2D eigenvalue weighted by Crippen LogP contribution is -2.33. The van der Waals surface area contributed by atoms with Crippen LogP contribution < -0.4 is 0 Å². The highest BCUT2D eigenvalue weighted by Gasteiger charge is 2.34. The fourth-order valence-electron chi connectivity index (χ4n) is 4.69. The van der Waals surface area contributed by atoms with E-state index in [-0.39, 0.29) is 0 Å². The number of aryl methyl sites for hydroxylation is 1. The molecule has 2 fully saturated rings. The zero-order valence-corrected chi connectivity index (χ0v) is 16.5. The molecule has 1 aliphatic carbocycles. The summed E-state index contributed by atoms with van der Waals surface area (Å²) < 4.78 is 1.89. The zero-order chi connectivity index (χ0) is 18.6. The number of hydrogen-bond donors (Lipinski definition) is 0. The summed E-state index contributed by atoms with van der Waals surface area (Å²) >= 11 is 0. The fourth-order valence-corrected chi connectivity index (χ4v) is 4.69. The standard InChI is InChI=1S/C20H32N6O/c1-16-8-11-24(12-9-16)15-19-21-22-23-26(19)10-4-7-20(27)25-13-17-5-2-3-6-18(17)14-25/h2-3,16-18H,4-15H2,1H3. The Hall–Kier alpha value is -1.76. The number of likely N-dealkylation sites (tertiary alicyclic amines) is 2. The van der Waals surface area contributed by atoms with E-state index in [2.05, 4.69) is 44.4 Å². The van der Waals surface area contributed by atoms with E-state index in [1.807, 2.05) is 4.68 Å². The molecule has 1 aromatic rings. The Morgan fingerprint density at radius 1 is 1.15 bits per heavy atom. The number of hydrogen-bond acceptors (Lipinski definition) is 5. The molecule has 0 aromatic carbocycles. The molecule has 2 saturated heterocycles. The first-order chi connectivity index (χ1) is 13.2. The number of carbonyl (C=O) groups excluding carboxylic acids is 1. The van der Waals surface area contributed by atoms with Gasteiger partial charge in [-0.1, -0.05) is 19.1 Å². The molecule has 1 amide bonds. The monoisotopic (exact) mass is 372 g/mol. The van der Waals surface area contributed by atoms with Crippen molar-refractivity contribution in [1.82, 2.24) is 30.0 Å². The molecule has 0 bridgehead atoms. The van der Waals surface area contributed by atoms with Crippen LogP contribution in [0.15, 0.2) is 12.2 Å². The minimum atomic E-state index is 0.295. The molecule has 7 nitrogen and oxygen atoms in total. The summed E-state index contributed by atoms with van der Waals surface area (Å²) in [6, 6.07) is 0. The molecule has 2 aliphatic heterocycles. The molecule has 7 heteroatoms. The number of aromatic nitrogens is 4. The highest BCUT2D eigenvalue weighted by molar-refractivity contribution is 5.76. The largest absolute Gasteiger partial charge is 0.342 e. The van der Waals surface area contributed by atoms with Gasteiger partial charge < -0.3 is 4.90 Å². The van der Waals surface area contributed by atoms with Crippen LogP contribution in [0.1, 0.15) is 51.3 Å². The number of piperidine rings is 1. The maximum Gasteiger partial charge on any atom is 0.222 e. The van der Waals surface area contributed by atoms with E-state index in [0.29, 0.717) is 24.2 Å². The van der Waals surface area contributed by atoms with Gasteiger partial charge in [0, 0.05) is 26.1 Å². The van der Waals surface area contributed by atoms with Crippen molar-refractivity contribution in [3.8, 4) is 0 Å². The molecule has 27 heavy (non-hydrogen) atoms. The van der Waals surface area contributed by atoms with Crippen molar-refractivity contribution in [2.75, 3.05) is 26.2 Å². The highest BCUT2D eigenvalue weighted by Crippen LogP contribution is 2.33. The molecular weight excluding hydrogens is 340 g/mol. The van der Waals surface area contributed by atoms with Crippen molar-refractivity contribution in [3.05, 3.63) is 18.0 Å². The molecule has 0 saturated carbocycles. The number of tetrazole rings is 1. The molecule has 2 unspecified atom stereocenters. The summed E-state index contributed by atoms with van der Waals surface area (Å²) in [5.74, 6) is 3.41. The summed E-state index contributed by atoms with van der Waals surface area (Å²) in [7, 11) is 0. The minimum absolute atomic E-state index is 0.295. The van der Waals surface area contributed by atoms with Crippen LogP contribution in [0.2, 0.25) is 0 Å². The highest BCUT2D eigenvalue weighted by atomic mass is 16.2. The number of carbonyl (C=O) groups is 1. The quantitative estimate of drug-likeness (QED) is 0.716. The molecular formula is C20H32N6O. The Bertz CT molecular complexity index is 647. The van der Waals surface area contributed by atoms with Crippen LogP contribution in [-0.2, 0) is 17.9 Å². The molecule has 4 rings (SSSR count). The van der Waals surface area contributed by atoms with Gasteiger partial charge in [-0.05, 0) is 73.4 Å². The number of allylic oxidation sites excluding steroid dienone is 2. The van der Waals surface area contributed by atoms with Crippen molar-refractivity contribution in [2.24, 2.45) is 17.8 Å². The fraction of sp³-hybridized carbons (Fsp3) is 0.800. The van der Waals surface area contributed by atoms with Crippen molar-refractivity contribution >= 4 is 5.91 Å². The van der Waals surface area contributed by atoms with Gasteiger partial charge in [-0.15, -0.1) is 5.10 Å². The lowest BCUT2D eigenvalue weighted by Gasteiger charge is -2.29. The molecule has 148 valence electrons. The Morgan fingerprint density at radius 2 is 1.85 bits per heavy atom. The van der Waals surface area contributed by atoms with Gasteiger partial charge >= 0.3 is 0 Å². The van der Waals surface area contributed by atoms with Crippen LogP contribution in [0.5, 0.6) is 0 Å². The van der Waals surface area contributed by atoms with Gasteiger partial charge in [-0.2, -0.15) is 0 Å². The lowest BCUT2D eigenvalue weighted by molar-refractivity contribution is -0.130. The summed E-state index contributed by atoms with van der Waals surface area (Å²) in [5, 5.41) is 12.2. The van der Waals surface area contributed by atoms with Gasteiger partial charge in [0.05, 0.1) is 6.54 Å². The number of nitrogens with zero attached hydrogens (tertiary/aromatic N) is 6. The topological polar surface area (TPSA) is 67.2 Å². The first kappa shape index (κ1) is 18.6. The first-order valence-electron chi connectivity index (χ1n) is 10.6. The molecule has 0 spiro atoms. The van der Waals surface area contributed by atoms with Crippen LogP contribution in [-0.4, -0.2) is 62.1 Å². The van der Waals surface area contributed by atoms with E-state index < -0.39 is 0 Å². The zero-order valence-electron chi connectivity index (χ0n) is 16.5. The smallest absolute Gasteiger partial charge is 0.222 e. The van der Waals surface area contributed by atoms with Crippen LogP contribution in [0, 0.1) is 17.8 Å². The summed E-state index contributed by atoms with van der Waals surface area (Å²) in [4.78, 5) is 17.1. The van der Waals surface area contributed by atoms with Crippen molar-refractivity contribution in [1.29, 1.82) is 0 Å². The Balaban J connectivity index is 1.22. The molecule has 1 aromatic heterocycles. The van der Waals surface area contributed by atoms with E-state index in [1.54, 1.807) is 0 Å². The average molecular weight is 373 g/mol. The SMILES string of the molecule is CC1CCN(Cc2nnnn2CCCC(=O)N2CC3CC=CCC3C2)CC1. The molecule has 0 N–H and O–H groups in total. The second kappa shape index (κ2) is 8.50. The Labute approximate surface area is 161 Å². The predicted octanol–water partition coefficient (Wildman–Crippen LogP) is 2.11. The average Bonchev–Trinajstić information content (AvgIpc) is 3.30. The predicted molar refractivity (Wildman–Crippen MR) is 103 cm³/mol. The van der Waals surface area contributed by atoms with E-state index in [4.69, 9.17) is 0 Å². The second-order valence-corrected chi connectivity index (χ2v) is 8.64. The minimum Gasteiger partial charge on any atom is -0.342 e. The summed E-state index contributed by atoms with van der Waals surface area (Å²) in [6.45, 7) is 7.99. The van der Waals surface area contributed by atoms with Gasteiger partial charge in [-0.3, -0.25) is 9.69 Å². The Kier molecular flexibility index (Phi) is 5.86. The molecule has 2 atom stereocenters. The van der Waals surface area contributed by atoms with Gasteiger partial charge in [0.2, 0.25) is 5.91 Å². The van der Waals surface area contributed by atoms with Crippen molar-refractivity contribution in [2.45, 2.75) is 58.5 Å². The van der Waals surface area contributed by atoms with E-state index in [0.717, 1.165) is 70.3 Å². The van der Waals surface area contributed by atoms with Crippen LogP contribution in [0.25, 0.3) is 0 Å². The molecule has 0 radical (unpaired) electrons. The first-order valence-corrected chi connectivity index (χ1v) is 10.6. The maximum atomic E-state index is 12.6. The number of rotatable bonds is 6. The van der Waals surface area contributed by atoms with Gasteiger partial charge in [-0.25, -0.2) is 4.68 Å². The van der Waals surface area contributed by atoms with Gasteiger partial charge in [0.15, 0.2) is 5.82 Å². The summed E-state index contributed by atoms with van der Waals surface area (Å²) in [6.07, 6.45) is 10.7. The van der Waals surface area contributed by atoms with E-state index in [9.17, 15) is 4.79 Å². The third-order valence-corrected chi connectivity index (χ3v) is 6.58. The van der Waals surface area contributed by atoms with E-state index >= 15 is 0 Å². The molecule has 3 heterocycles. The van der Waals surface area contributed by atoms with Gasteiger partial charge in [0.25, 0.3) is 0 Å². The van der Waals surface area contributed by atoms with Crippen LogP contribution in [0.3, 0.4) is 0 Å². The second-order valence-electron chi connectivity index (χ2n) is 8.64. The third-order valence-electron chi connectivity index (χ3n) is 6.58. The van der Waals surface area contributed by atoms with Crippen molar-refractivity contribution in [3.63, 3.8) is 0 Å². The molecule has 3 aliphatic rings.